The van der Waals surface area contributed by atoms with Crippen molar-refractivity contribution in [3.63, 3.8) is 0 Å². The SMILES string of the molecule is [2H]C([2H])([2H])C1=C(B2OC(C)(C)C(C)(C)O2)C([2H])([2H])C([2H])([2H])C([2H])([2H])N1C(=O)OC(C)(C)C. The molecule has 0 aliphatic carbocycles. The minimum absolute atomic E-state index is 0.0486. The molecule has 6 heteroatoms. The predicted octanol–water partition coefficient (Wildman–Crippen LogP) is 3.92. The van der Waals surface area contributed by atoms with E-state index < -0.39 is 67.3 Å². The van der Waals surface area contributed by atoms with E-state index in [1.165, 1.54) is 20.8 Å². The average molecular weight is 332 g/mol. The molecule has 0 N–H and O–H groups in total. The summed E-state index contributed by atoms with van der Waals surface area (Å²) in [7, 11) is -1.69. The Balaban J connectivity index is 2.92. The fourth-order valence-corrected chi connectivity index (χ4v) is 1.96. The zero-order valence-corrected chi connectivity index (χ0v) is 14.7. The highest BCUT2D eigenvalue weighted by molar-refractivity contribution is 6.54. The second-order valence-corrected chi connectivity index (χ2v) is 7.53. The number of nitrogens with zero attached hydrogens (tertiary/aromatic N) is 1. The van der Waals surface area contributed by atoms with Crippen molar-refractivity contribution in [3.05, 3.63) is 11.2 Å². The maximum atomic E-state index is 13.0. The summed E-state index contributed by atoms with van der Waals surface area (Å²) in [6.45, 7) is 4.33. The second-order valence-electron chi connectivity index (χ2n) is 7.53. The summed E-state index contributed by atoms with van der Waals surface area (Å²) < 4.78 is 91.1. The molecule has 2 heterocycles. The van der Waals surface area contributed by atoms with Crippen LogP contribution >= 0.6 is 0 Å². The van der Waals surface area contributed by atoms with Crippen LogP contribution in [0.1, 0.15) is 80.4 Å². The number of ether oxygens (including phenoxy) is 1. The Labute approximate surface area is 153 Å². The lowest BCUT2D eigenvalue weighted by Crippen LogP contribution is -2.41. The number of rotatable bonds is 1. The Morgan fingerprint density at radius 1 is 1.30 bits per heavy atom. The number of allylic oxidation sites excluding steroid dienone is 2. The first-order chi connectivity index (χ1) is 13.8. The average Bonchev–Trinajstić information content (AvgIpc) is 2.69. The molecule has 0 aromatic rings. The summed E-state index contributed by atoms with van der Waals surface area (Å²) in [6.07, 6.45) is -8.09. The van der Waals surface area contributed by atoms with Crippen LogP contribution in [0.2, 0.25) is 0 Å². The molecule has 1 amide bonds. The third kappa shape index (κ3) is 3.74. The molecule has 0 bridgehead atoms. The zero-order valence-electron chi connectivity index (χ0n) is 23.7. The molecule has 0 radical (unpaired) electrons. The van der Waals surface area contributed by atoms with Crippen molar-refractivity contribution in [3.8, 4) is 0 Å². The van der Waals surface area contributed by atoms with Gasteiger partial charge in [0.25, 0.3) is 0 Å². The Morgan fingerprint density at radius 2 is 1.87 bits per heavy atom. The molecular formula is C17H30BNO4. The summed E-state index contributed by atoms with van der Waals surface area (Å²) in [5, 5.41) is 0. The van der Waals surface area contributed by atoms with Crippen LogP contribution in [0, 0.1) is 0 Å². The first kappa shape index (κ1) is 9.47. The van der Waals surface area contributed by atoms with E-state index in [-0.39, 0.29) is 4.90 Å². The quantitative estimate of drug-likeness (QED) is 0.683. The Bertz CT molecular complexity index is 815. The van der Waals surface area contributed by atoms with Gasteiger partial charge in [0.15, 0.2) is 0 Å². The number of hydrogen-bond acceptors (Lipinski definition) is 4. The topological polar surface area (TPSA) is 48.0 Å². The number of carbonyl (C=O) groups is 1. The van der Waals surface area contributed by atoms with Gasteiger partial charge in [-0.05, 0) is 73.5 Å². The zero-order chi connectivity index (χ0) is 25.5. The van der Waals surface area contributed by atoms with Gasteiger partial charge in [-0.2, -0.15) is 0 Å². The van der Waals surface area contributed by atoms with Crippen LogP contribution in [0.4, 0.5) is 4.79 Å². The molecule has 0 aromatic heterocycles. The van der Waals surface area contributed by atoms with E-state index in [0.717, 1.165) is 0 Å². The highest BCUT2D eigenvalue weighted by Gasteiger charge is 2.53. The van der Waals surface area contributed by atoms with Crippen LogP contribution in [0.3, 0.4) is 0 Å². The van der Waals surface area contributed by atoms with Crippen molar-refractivity contribution < 1.29 is 31.2 Å². The van der Waals surface area contributed by atoms with Crippen molar-refractivity contribution >= 4 is 13.2 Å². The third-order valence-corrected chi connectivity index (χ3v) is 3.91. The van der Waals surface area contributed by atoms with Crippen molar-refractivity contribution in [1.29, 1.82) is 0 Å². The third-order valence-electron chi connectivity index (χ3n) is 3.91. The van der Waals surface area contributed by atoms with Crippen LogP contribution in [-0.4, -0.2) is 41.4 Å². The number of hydrogen-bond donors (Lipinski definition) is 0. The van der Waals surface area contributed by atoms with E-state index in [1.54, 1.807) is 27.7 Å². The lowest BCUT2D eigenvalue weighted by Gasteiger charge is -2.33. The maximum absolute atomic E-state index is 13.0. The summed E-state index contributed by atoms with van der Waals surface area (Å²) in [5.74, 6) is 0. The summed E-state index contributed by atoms with van der Waals surface area (Å²) in [6, 6.07) is 0. The molecule has 0 saturated carbocycles. The minimum Gasteiger partial charge on any atom is -0.443 e. The van der Waals surface area contributed by atoms with Gasteiger partial charge in [0, 0.05) is 24.5 Å². The molecule has 5 nitrogen and oxygen atoms in total. The summed E-state index contributed by atoms with van der Waals surface area (Å²) >= 11 is 0. The lowest BCUT2D eigenvalue weighted by atomic mass is 9.73. The van der Waals surface area contributed by atoms with Gasteiger partial charge in [-0.15, -0.1) is 0 Å². The van der Waals surface area contributed by atoms with Gasteiger partial charge >= 0.3 is 13.2 Å². The minimum atomic E-state index is -3.42. The van der Waals surface area contributed by atoms with Gasteiger partial charge in [0.05, 0.1) is 11.2 Å². The van der Waals surface area contributed by atoms with E-state index in [4.69, 9.17) is 26.4 Å². The fourth-order valence-electron chi connectivity index (χ4n) is 1.96. The van der Waals surface area contributed by atoms with E-state index in [2.05, 4.69) is 0 Å². The summed E-state index contributed by atoms with van der Waals surface area (Å²) in [4.78, 5) is 13.1. The van der Waals surface area contributed by atoms with Gasteiger partial charge < -0.3 is 14.0 Å². The smallest absolute Gasteiger partial charge is 0.443 e. The Kier molecular flexibility index (Phi) is 2.39. The van der Waals surface area contributed by atoms with Crippen LogP contribution in [0.15, 0.2) is 11.2 Å². The number of amides is 1. The van der Waals surface area contributed by atoms with Gasteiger partial charge in [0.1, 0.15) is 5.60 Å². The van der Waals surface area contributed by atoms with Crippen molar-refractivity contribution in [2.45, 2.75) is 84.9 Å². The van der Waals surface area contributed by atoms with Crippen LogP contribution in [-0.2, 0) is 14.0 Å². The largest absolute Gasteiger partial charge is 0.492 e. The Hall–Kier alpha value is -1.01. The monoisotopic (exact) mass is 332 g/mol. The van der Waals surface area contributed by atoms with Gasteiger partial charge in [-0.3, -0.25) is 4.90 Å². The first-order valence-corrected chi connectivity index (χ1v) is 7.45. The van der Waals surface area contributed by atoms with Gasteiger partial charge in [-0.25, -0.2) is 4.79 Å². The van der Waals surface area contributed by atoms with Gasteiger partial charge in [0.2, 0.25) is 0 Å². The van der Waals surface area contributed by atoms with Crippen molar-refractivity contribution in [2.24, 2.45) is 0 Å². The molecule has 0 aromatic carbocycles. The second kappa shape index (κ2) is 5.81. The molecule has 2 rings (SSSR count). The highest BCUT2D eigenvalue weighted by Crippen LogP contribution is 2.41. The normalized spacial score (nSPS) is 37.1. The van der Waals surface area contributed by atoms with E-state index in [0.29, 0.717) is 0 Å². The van der Waals surface area contributed by atoms with Crippen LogP contribution < -0.4 is 0 Å². The molecule has 2 aliphatic rings. The first-order valence-electron chi connectivity index (χ1n) is 12.0. The maximum Gasteiger partial charge on any atom is 0.492 e. The molecule has 0 spiro atoms. The fraction of sp³-hybridized carbons (Fsp3) is 0.824. The molecule has 23 heavy (non-hydrogen) atoms. The molecule has 130 valence electrons. The molecular weight excluding hydrogens is 293 g/mol. The van der Waals surface area contributed by atoms with Gasteiger partial charge in [-0.1, -0.05) is 0 Å². The van der Waals surface area contributed by atoms with E-state index in [1.807, 2.05) is 0 Å². The molecule has 2 aliphatic heterocycles. The summed E-state index contributed by atoms with van der Waals surface area (Å²) in [5.41, 5.74) is -5.13. The predicted molar refractivity (Wildman–Crippen MR) is 91.0 cm³/mol. The van der Waals surface area contributed by atoms with Crippen LogP contribution in [0.25, 0.3) is 0 Å². The molecule has 0 atom stereocenters. The molecule has 0 unspecified atom stereocenters. The van der Waals surface area contributed by atoms with E-state index in [9.17, 15) is 4.79 Å². The van der Waals surface area contributed by atoms with E-state index >= 15 is 0 Å². The standard InChI is InChI=1S/C17H30BNO4/c1-12-13(18-22-16(5,6)17(7,8)23-18)10-9-11-19(12)14(20)21-15(2,3)4/h9-11H2,1-8H3/i1D3,9D2,10D2,11D2. The number of carbonyl (C=O) groups excluding carboxylic acids is 1. The Morgan fingerprint density at radius 3 is 2.35 bits per heavy atom. The van der Waals surface area contributed by atoms with Crippen molar-refractivity contribution in [2.75, 3.05) is 6.50 Å². The molecule has 1 fully saturated rings. The molecule has 1 saturated heterocycles. The lowest BCUT2D eigenvalue weighted by molar-refractivity contribution is 0.00578. The van der Waals surface area contributed by atoms with Crippen LogP contribution in [0.5, 0.6) is 0 Å². The highest BCUT2D eigenvalue weighted by atomic mass is 16.7. The van der Waals surface area contributed by atoms with Crippen molar-refractivity contribution in [1.82, 2.24) is 4.90 Å².